The van der Waals surface area contributed by atoms with Gasteiger partial charge in [0.2, 0.25) is 0 Å². The Morgan fingerprint density at radius 1 is 0.500 bits per heavy atom. The zero-order valence-electron chi connectivity index (χ0n) is 4.13. The van der Waals surface area contributed by atoms with E-state index >= 15 is 0 Å². The van der Waals surface area contributed by atoms with Gasteiger partial charge in [-0.05, 0) is 0 Å². The van der Waals surface area contributed by atoms with Crippen molar-refractivity contribution in [1.82, 2.24) is 0 Å². The van der Waals surface area contributed by atoms with E-state index in [9.17, 15) is 0 Å². The van der Waals surface area contributed by atoms with Crippen LogP contribution in [-0.4, -0.2) is 0 Å². The molecule has 0 saturated heterocycles. The number of halogens is 3. The van der Waals surface area contributed by atoms with E-state index < -0.39 is 0 Å². The molecule has 0 spiro atoms. The van der Waals surface area contributed by atoms with Gasteiger partial charge in [-0.15, -0.1) is 0 Å². The molecule has 0 fully saturated rings. The second-order valence-corrected chi connectivity index (χ2v) is 0. The first kappa shape index (κ1) is 46.8. The molecule has 0 atom stereocenters. The van der Waals surface area contributed by atoms with Crippen LogP contribution < -0.4 is 148 Å². The molecule has 0 saturated carbocycles. The SMILES string of the molecule is [Cl-].[Cl-].[Cl-].[K+].[Na+].[Na+]. The van der Waals surface area contributed by atoms with Crippen LogP contribution in [-0.2, 0) is 0 Å². The Kier molecular flexibility index (Phi) is 264. The van der Waals surface area contributed by atoms with Gasteiger partial charge in [0.15, 0.2) is 0 Å². The van der Waals surface area contributed by atoms with Crippen LogP contribution in [0, 0.1) is 0 Å². The van der Waals surface area contributed by atoms with Crippen LogP contribution in [0.3, 0.4) is 0 Å². The van der Waals surface area contributed by atoms with E-state index in [2.05, 4.69) is 0 Å². The largest absolute Gasteiger partial charge is 1.00 e. The summed E-state index contributed by atoms with van der Waals surface area (Å²) in [6.07, 6.45) is 0. The molecule has 0 rings (SSSR count). The third kappa shape index (κ3) is 23.6. The molecule has 0 aromatic heterocycles. The summed E-state index contributed by atoms with van der Waals surface area (Å²) in [5.41, 5.74) is 0. The first-order valence-corrected chi connectivity index (χ1v) is 0. The third-order valence-corrected chi connectivity index (χ3v) is 0. The monoisotopic (exact) mass is 190 g/mol. The fourth-order valence-electron chi connectivity index (χ4n) is 0. The minimum Gasteiger partial charge on any atom is -1.00 e. The number of hydrogen-bond acceptors (Lipinski definition) is 0. The van der Waals surface area contributed by atoms with Crippen molar-refractivity contribution >= 4 is 0 Å². The Bertz CT molecular complexity index is 8.75. The molecule has 0 radical (unpaired) electrons. The predicted molar refractivity (Wildman–Crippen MR) is 0 cm³/mol. The standard InChI is InChI=1S/3ClH.K.2Na/h3*1H;;;/q;;;3*+1/p-3. The van der Waals surface area contributed by atoms with Crippen LogP contribution in [0.4, 0.5) is 0 Å². The Hall–Kier alpha value is 4.51. The molecule has 0 unspecified atom stereocenters. The zero-order valence-corrected chi connectivity index (χ0v) is 13.5. The van der Waals surface area contributed by atoms with Gasteiger partial charge in [-0.1, -0.05) is 0 Å². The Morgan fingerprint density at radius 2 is 0.500 bits per heavy atom. The van der Waals surface area contributed by atoms with Crippen LogP contribution in [0.25, 0.3) is 0 Å². The summed E-state index contributed by atoms with van der Waals surface area (Å²) >= 11 is 0. The van der Waals surface area contributed by atoms with E-state index in [4.69, 9.17) is 0 Å². The molecule has 0 aliphatic heterocycles. The Morgan fingerprint density at radius 3 is 0.500 bits per heavy atom. The van der Waals surface area contributed by atoms with Crippen LogP contribution in [0.2, 0.25) is 0 Å². The van der Waals surface area contributed by atoms with Crippen molar-refractivity contribution in [2.45, 2.75) is 0 Å². The average Bonchev–Trinajstić information content (AvgIpc) is 0. The summed E-state index contributed by atoms with van der Waals surface area (Å²) in [4.78, 5) is 0. The van der Waals surface area contributed by atoms with Crippen molar-refractivity contribution in [3.05, 3.63) is 0 Å². The van der Waals surface area contributed by atoms with Gasteiger partial charge < -0.3 is 37.2 Å². The maximum absolute atomic E-state index is 0. The van der Waals surface area contributed by atoms with E-state index in [0.717, 1.165) is 0 Å². The molecule has 24 valence electrons. The molecule has 0 amide bonds. The van der Waals surface area contributed by atoms with E-state index in [0.29, 0.717) is 0 Å². The topological polar surface area (TPSA) is 0 Å². The van der Waals surface area contributed by atoms with E-state index in [1.807, 2.05) is 0 Å². The molecule has 0 bridgehead atoms. The number of rotatable bonds is 0. The van der Waals surface area contributed by atoms with Gasteiger partial charge in [0.25, 0.3) is 0 Å². The van der Waals surface area contributed by atoms with Crippen molar-refractivity contribution in [2.24, 2.45) is 0 Å². The van der Waals surface area contributed by atoms with Crippen LogP contribution >= 0.6 is 0 Å². The first-order valence-electron chi connectivity index (χ1n) is 0. The molecule has 6 heavy (non-hydrogen) atoms. The second-order valence-electron chi connectivity index (χ2n) is 0. The molecule has 0 aromatic carbocycles. The third-order valence-electron chi connectivity index (χ3n) is 0. The smallest absolute Gasteiger partial charge is 1.00 e. The van der Waals surface area contributed by atoms with Crippen molar-refractivity contribution < 1.29 is 148 Å². The van der Waals surface area contributed by atoms with Gasteiger partial charge in [0, 0.05) is 0 Å². The molecular formula is Cl3KNa2. The van der Waals surface area contributed by atoms with Gasteiger partial charge in [0.1, 0.15) is 0 Å². The summed E-state index contributed by atoms with van der Waals surface area (Å²) in [5.74, 6) is 0. The molecular weight excluding hydrogens is 191 g/mol. The van der Waals surface area contributed by atoms with Crippen molar-refractivity contribution in [3.63, 3.8) is 0 Å². The molecule has 0 heterocycles. The molecule has 0 aromatic rings. The summed E-state index contributed by atoms with van der Waals surface area (Å²) in [6.45, 7) is 0. The van der Waals surface area contributed by atoms with Crippen LogP contribution in [0.15, 0.2) is 0 Å². The predicted octanol–water partition coefficient (Wildman–Crippen LogP) is -18.0. The van der Waals surface area contributed by atoms with Gasteiger partial charge in [-0.25, -0.2) is 0 Å². The molecule has 6 heteroatoms. The summed E-state index contributed by atoms with van der Waals surface area (Å²) in [7, 11) is 0. The van der Waals surface area contributed by atoms with Crippen molar-refractivity contribution in [3.8, 4) is 0 Å². The van der Waals surface area contributed by atoms with E-state index in [1.165, 1.54) is 0 Å². The van der Waals surface area contributed by atoms with Crippen molar-refractivity contribution in [1.29, 1.82) is 0 Å². The fraction of sp³-hybridized carbons (Fsp3) is 0. The number of hydrogen-bond donors (Lipinski definition) is 0. The quantitative estimate of drug-likeness (QED) is 0.334. The van der Waals surface area contributed by atoms with Gasteiger partial charge >= 0.3 is 110 Å². The maximum Gasteiger partial charge on any atom is 1.00 e. The summed E-state index contributed by atoms with van der Waals surface area (Å²) in [6, 6.07) is 0. The van der Waals surface area contributed by atoms with Gasteiger partial charge in [-0.2, -0.15) is 0 Å². The molecule has 0 nitrogen and oxygen atoms in total. The molecule has 0 aliphatic rings. The van der Waals surface area contributed by atoms with Gasteiger partial charge in [0.05, 0.1) is 0 Å². The minimum atomic E-state index is 0. The van der Waals surface area contributed by atoms with E-state index in [1.54, 1.807) is 0 Å². The van der Waals surface area contributed by atoms with E-state index in [-0.39, 0.29) is 148 Å². The second kappa shape index (κ2) is 33.9. The maximum atomic E-state index is 0. The average molecular weight is 191 g/mol. The van der Waals surface area contributed by atoms with Crippen LogP contribution in [0.1, 0.15) is 0 Å². The van der Waals surface area contributed by atoms with Crippen LogP contribution in [0.5, 0.6) is 0 Å². The molecule has 0 N–H and O–H groups in total. The Labute approximate surface area is 144 Å². The summed E-state index contributed by atoms with van der Waals surface area (Å²) in [5, 5.41) is 0. The normalized spacial score (nSPS) is 0. The summed E-state index contributed by atoms with van der Waals surface area (Å²) < 4.78 is 0. The van der Waals surface area contributed by atoms with Crippen molar-refractivity contribution in [2.75, 3.05) is 0 Å². The fourth-order valence-corrected chi connectivity index (χ4v) is 0. The van der Waals surface area contributed by atoms with Gasteiger partial charge in [-0.3, -0.25) is 0 Å². The zero-order chi connectivity index (χ0) is 0. The first-order chi connectivity index (χ1) is 0. The minimum absolute atomic E-state index is 0. The molecule has 0 aliphatic carbocycles. The Balaban J connectivity index is 0.